The minimum Gasteiger partial charge on any atom is -0.375 e. The highest BCUT2D eigenvalue weighted by Gasteiger charge is 2.37. The molecule has 0 unspecified atom stereocenters. The first-order valence-corrected chi connectivity index (χ1v) is 7.24. The van der Waals surface area contributed by atoms with Gasteiger partial charge < -0.3 is 5.73 Å². The Balaban J connectivity index is 2.95. The summed E-state index contributed by atoms with van der Waals surface area (Å²) < 4.78 is 40.8. The normalized spacial score (nSPS) is 12.8. The third kappa shape index (κ3) is 2.49. The molecule has 0 amide bonds. The molecule has 2 rings (SSSR count). The molecule has 2 nitrogen and oxygen atoms in total. The summed E-state index contributed by atoms with van der Waals surface area (Å²) in [5.41, 5.74) is 6.51. The van der Waals surface area contributed by atoms with Crippen molar-refractivity contribution in [2.24, 2.45) is 0 Å². The Bertz CT molecular complexity index is 642. The zero-order valence-corrected chi connectivity index (χ0v) is 12.6. The molecule has 6 heteroatoms. The summed E-state index contributed by atoms with van der Waals surface area (Å²) in [6, 6.07) is 1.13. The fourth-order valence-electron chi connectivity index (χ4n) is 2.55. The van der Waals surface area contributed by atoms with Gasteiger partial charge in [0.25, 0.3) is 0 Å². The second kappa shape index (κ2) is 4.91. The number of rotatable bonds is 2. The largest absolute Gasteiger partial charge is 0.416 e. The Morgan fingerprint density at radius 3 is 2.10 bits per heavy atom. The number of halogens is 3. The highest BCUT2D eigenvalue weighted by atomic mass is 32.1. The van der Waals surface area contributed by atoms with Gasteiger partial charge in [-0.05, 0) is 29.0 Å². The van der Waals surface area contributed by atoms with E-state index in [1.165, 1.54) is 11.3 Å². The van der Waals surface area contributed by atoms with Crippen LogP contribution in [-0.2, 0) is 6.18 Å². The fraction of sp³-hybridized carbons (Fsp3) is 0.500. The van der Waals surface area contributed by atoms with Crippen LogP contribution in [0.5, 0.6) is 0 Å². The molecule has 0 aliphatic carbocycles. The highest BCUT2D eigenvalue weighted by Crippen LogP contribution is 2.44. The van der Waals surface area contributed by atoms with Crippen LogP contribution >= 0.6 is 11.3 Å². The monoisotopic (exact) mass is 302 g/mol. The first kappa shape index (κ1) is 15.1. The average molecular weight is 302 g/mol. The predicted octanol–water partition coefficient (Wildman–Crippen LogP) is 5.14. The minimum atomic E-state index is -4.38. The van der Waals surface area contributed by atoms with Gasteiger partial charge in [0.15, 0.2) is 5.13 Å². The summed E-state index contributed by atoms with van der Waals surface area (Å²) in [4.78, 5) is 4.03. The molecule has 1 heterocycles. The zero-order chi connectivity index (χ0) is 15.2. The second-order valence-corrected chi connectivity index (χ2v) is 6.49. The van der Waals surface area contributed by atoms with E-state index >= 15 is 0 Å². The molecule has 0 fully saturated rings. The van der Waals surface area contributed by atoms with Gasteiger partial charge in [-0.25, -0.2) is 4.98 Å². The van der Waals surface area contributed by atoms with E-state index in [0.29, 0.717) is 16.2 Å². The van der Waals surface area contributed by atoms with Crippen molar-refractivity contribution >= 4 is 26.7 Å². The number of fused-ring (bicyclic) bond motifs is 1. The first-order valence-electron chi connectivity index (χ1n) is 6.43. The molecular weight excluding hydrogens is 285 g/mol. The summed E-state index contributed by atoms with van der Waals surface area (Å²) in [6.45, 7) is 7.37. The molecule has 0 saturated heterocycles. The highest BCUT2D eigenvalue weighted by molar-refractivity contribution is 7.22. The van der Waals surface area contributed by atoms with Crippen molar-refractivity contribution in [1.29, 1.82) is 0 Å². The van der Waals surface area contributed by atoms with Gasteiger partial charge >= 0.3 is 6.18 Å². The number of hydrogen-bond acceptors (Lipinski definition) is 3. The van der Waals surface area contributed by atoms with E-state index in [4.69, 9.17) is 5.73 Å². The van der Waals surface area contributed by atoms with Crippen LogP contribution in [0.1, 0.15) is 56.2 Å². The molecule has 0 aliphatic heterocycles. The van der Waals surface area contributed by atoms with Gasteiger partial charge in [-0.3, -0.25) is 0 Å². The van der Waals surface area contributed by atoms with Gasteiger partial charge in [0.2, 0.25) is 0 Å². The lowest BCUT2D eigenvalue weighted by Gasteiger charge is -2.22. The van der Waals surface area contributed by atoms with Crippen molar-refractivity contribution in [3.05, 3.63) is 22.8 Å². The molecule has 2 aromatic rings. The zero-order valence-electron chi connectivity index (χ0n) is 11.8. The van der Waals surface area contributed by atoms with Gasteiger partial charge in [-0.15, -0.1) is 0 Å². The maximum absolute atomic E-state index is 13.3. The molecule has 1 aromatic carbocycles. The molecule has 0 atom stereocenters. The van der Waals surface area contributed by atoms with Crippen LogP contribution in [0.25, 0.3) is 10.2 Å². The Morgan fingerprint density at radius 2 is 1.65 bits per heavy atom. The van der Waals surface area contributed by atoms with E-state index in [1.807, 2.05) is 13.8 Å². The Morgan fingerprint density at radius 1 is 1.10 bits per heavy atom. The number of nitrogens with zero attached hydrogens (tertiary/aromatic N) is 1. The van der Waals surface area contributed by atoms with Gasteiger partial charge in [0.1, 0.15) is 0 Å². The summed E-state index contributed by atoms with van der Waals surface area (Å²) >= 11 is 1.26. The predicted molar refractivity (Wildman–Crippen MR) is 77.2 cm³/mol. The number of aromatic nitrogens is 1. The van der Waals surface area contributed by atoms with Crippen LogP contribution in [0.15, 0.2) is 6.07 Å². The summed E-state index contributed by atoms with van der Waals surface area (Å²) in [5, 5.41) is 0.302. The van der Waals surface area contributed by atoms with E-state index in [0.717, 1.165) is 16.3 Å². The van der Waals surface area contributed by atoms with Crippen LogP contribution < -0.4 is 5.73 Å². The second-order valence-electron chi connectivity index (χ2n) is 5.46. The van der Waals surface area contributed by atoms with Crippen molar-refractivity contribution in [2.75, 3.05) is 5.73 Å². The SMILES string of the molecule is CC(C)c1c(C(F)(F)F)cc2nc(N)sc2c1C(C)C. The van der Waals surface area contributed by atoms with E-state index < -0.39 is 11.7 Å². The topological polar surface area (TPSA) is 38.9 Å². The molecule has 0 spiro atoms. The van der Waals surface area contributed by atoms with Crippen LogP contribution in [0.2, 0.25) is 0 Å². The molecule has 0 saturated carbocycles. The number of hydrogen-bond donors (Lipinski definition) is 1. The number of nitrogen functional groups attached to an aromatic ring is 1. The van der Waals surface area contributed by atoms with E-state index in [-0.39, 0.29) is 11.8 Å². The molecule has 0 radical (unpaired) electrons. The van der Waals surface area contributed by atoms with E-state index in [1.54, 1.807) is 13.8 Å². The van der Waals surface area contributed by atoms with Gasteiger partial charge in [0.05, 0.1) is 15.8 Å². The van der Waals surface area contributed by atoms with Crippen molar-refractivity contribution in [2.45, 2.75) is 45.7 Å². The summed E-state index contributed by atoms with van der Waals surface area (Å²) in [6.07, 6.45) is -4.38. The van der Waals surface area contributed by atoms with Crippen molar-refractivity contribution < 1.29 is 13.2 Å². The summed E-state index contributed by atoms with van der Waals surface area (Å²) in [5.74, 6) is -0.228. The third-order valence-electron chi connectivity index (χ3n) is 3.24. The van der Waals surface area contributed by atoms with Crippen LogP contribution in [0.3, 0.4) is 0 Å². The molecule has 1 aromatic heterocycles. The standard InChI is InChI=1S/C14H17F3N2S/c1-6(2)10-8(14(15,16)17)5-9-12(11(10)7(3)4)20-13(18)19-9/h5-7H,1-4H3,(H2,18,19). The number of benzene rings is 1. The van der Waals surface area contributed by atoms with Crippen molar-refractivity contribution in [1.82, 2.24) is 4.98 Å². The molecular formula is C14H17F3N2S. The average Bonchev–Trinajstić information content (AvgIpc) is 2.64. The third-order valence-corrected chi connectivity index (χ3v) is 4.17. The van der Waals surface area contributed by atoms with E-state index in [2.05, 4.69) is 4.98 Å². The number of anilines is 1. The lowest BCUT2D eigenvalue weighted by molar-refractivity contribution is -0.138. The van der Waals surface area contributed by atoms with Crippen LogP contribution in [0.4, 0.5) is 18.3 Å². The molecule has 110 valence electrons. The Labute approximate surface area is 119 Å². The lowest BCUT2D eigenvalue weighted by atomic mass is 9.86. The van der Waals surface area contributed by atoms with Gasteiger partial charge in [-0.2, -0.15) is 13.2 Å². The Kier molecular flexibility index (Phi) is 3.71. The smallest absolute Gasteiger partial charge is 0.375 e. The first-order chi connectivity index (χ1) is 9.12. The Hall–Kier alpha value is -1.30. The number of thiazole rings is 1. The quantitative estimate of drug-likeness (QED) is 0.833. The van der Waals surface area contributed by atoms with Crippen molar-refractivity contribution in [3.63, 3.8) is 0 Å². The lowest BCUT2D eigenvalue weighted by Crippen LogP contribution is -2.13. The number of alkyl halides is 3. The van der Waals surface area contributed by atoms with Gasteiger partial charge in [0, 0.05) is 0 Å². The summed E-state index contributed by atoms with van der Waals surface area (Å²) in [7, 11) is 0. The maximum Gasteiger partial charge on any atom is 0.416 e. The molecule has 2 N–H and O–H groups in total. The number of nitrogens with two attached hydrogens (primary N) is 1. The fourth-order valence-corrected chi connectivity index (χ4v) is 3.57. The molecule has 0 bridgehead atoms. The maximum atomic E-state index is 13.3. The molecule has 0 aliphatic rings. The van der Waals surface area contributed by atoms with Gasteiger partial charge in [-0.1, -0.05) is 39.0 Å². The van der Waals surface area contributed by atoms with Crippen LogP contribution in [0, 0.1) is 0 Å². The van der Waals surface area contributed by atoms with E-state index in [9.17, 15) is 13.2 Å². The van der Waals surface area contributed by atoms with Crippen LogP contribution in [-0.4, -0.2) is 4.98 Å². The molecule has 20 heavy (non-hydrogen) atoms. The van der Waals surface area contributed by atoms with Crippen molar-refractivity contribution in [3.8, 4) is 0 Å². The minimum absolute atomic E-state index is 0.0166.